The van der Waals surface area contributed by atoms with Crippen molar-refractivity contribution in [2.45, 2.75) is 122 Å². The molecule has 0 aliphatic heterocycles. The van der Waals surface area contributed by atoms with Crippen LogP contribution in [-0.4, -0.2) is 23.2 Å². The summed E-state index contributed by atoms with van der Waals surface area (Å²) in [5.74, 6) is 0.0781. The fourth-order valence-electron chi connectivity index (χ4n) is 3.88. The van der Waals surface area contributed by atoms with Gasteiger partial charge in [-0.1, -0.05) is 71.6 Å². The standard InChI is InChI=1S/C12H23N.C9H18O2/c1-3-7-11(8-4-1)13-12-9-5-2-6-10-12;1-8(2)6-4-3-5-7-9(10)11/h11-13H,1-10H2;8H,3-7H2,1-2H3,(H,10,11). The summed E-state index contributed by atoms with van der Waals surface area (Å²) >= 11 is 0. The molecule has 0 saturated heterocycles. The minimum atomic E-state index is -0.672. The van der Waals surface area contributed by atoms with Crippen LogP contribution in [0.4, 0.5) is 0 Å². The highest BCUT2D eigenvalue weighted by molar-refractivity contribution is 5.66. The Kier molecular flexibility index (Phi) is 12.2. The molecule has 0 radical (unpaired) electrons. The molecule has 2 aliphatic carbocycles. The summed E-state index contributed by atoms with van der Waals surface area (Å²) in [6.45, 7) is 4.38. The van der Waals surface area contributed by atoms with E-state index < -0.39 is 5.97 Å². The van der Waals surface area contributed by atoms with E-state index in [0.29, 0.717) is 6.42 Å². The maximum Gasteiger partial charge on any atom is 0.303 e. The number of carbonyl (C=O) groups is 1. The van der Waals surface area contributed by atoms with Gasteiger partial charge in [-0.25, -0.2) is 0 Å². The fraction of sp³-hybridized carbons (Fsp3) is 0.952. The van der Waals surface area contributed by atoms with Gasteiger partial charge in [0.2, 0.25) is 0 Å². The first-order chi connectivity index (χ1) is 11.6. The highest BCUT2D eigenvalue weighted by Gasteiger charge is 2.19. The van der Waals surface area contributed by atoms with E-state index in [4.69, 9.17) is 5.11 Å². The van der Waals surface area contributed by atoms with Crippen LogP contribution in [0.15, 0.2) is 0 Å². The first kappa shape index (κ1) is 21.5. The predicted octanol–water partition coefficient (Wildman–Crippen LogP) is 5.92. The normalized spacial score (nSPS) is 19.8. The van der Waals surface area contributed by atoms with Gasteiger partial charge in [0, 0.05) is 18.5 Å². The summed E-state index contributed by atoms with van der Waals surface area (Å²) in [6, 6.07) is 1.74. The van der Waals surface area contributed by atoms with E-state index in [-0.39, 0.29) is 0 Å². The molecule has 0 amide bonds. The van der Waals surface area contributed by atoms with E-state index in [1.807, 2.05) is 0 Å². The van der Waals surface area contributed by atoms with Gasteiger partial charge < -0.3 is 10.4 Å². The highest BCUT2D eigenvalue weighted by atomic mass is 16.4. The average Bonchev–Trinajstić information content (AvgIpc) is 2.56. The molecule has 2 fully saturated rings. The number of nitrogens with one attached hydrogen (secondary N) is 1. The lowest BCUT2D eigenvalue weighted by atomic mass is 9.91. The van der Waals surface area contributed by atoms with Gasteiger partial charge in [0.25, 0.3) is 0 Å². The second kappa shape index (κ2) is 13.7. The SMILES string of the molecule is C1CCC(NC2CCCCC2)CC1.CC(C)CCCCCC(=O)O. The molecular formula is C21H41NO2. The van der Waals surface area contributed by atoms with Gasteiger partial charge in [-0.2, -0.15) is 0 Å². The van der Waals surface area contributed by atoms with Crippen molar-refractivity contribution in [3.8, 4) is 0 Å². The van der Waals surface area contributed by atoms with Crippen molar-refractivity contribution < 1.29 is 9.90 Å². The van der Waals surface area contributed by atoms with Crippen LogP contribution in [0.5, 0.6) is 0 Å². The molecule has 24 heavy (non-hydrogen) atoms. The molecule has 0 bridgehead atoms. The van der Waals surface area contributed by atoms with E-state index in [9.17, 15) is 4.79 Å². The van der Waals surface area contributed by atoms with Crippen LogP contribution in [0, 0.1) is 5.92 Å². The Morgan fingerprint density at radius 1 is 0.875 bits per heavy atom. The molecule has 0 unspecified atom stereocenters. The van der Waals surface area contributed by atoms with Crippen LogP contribution < -0.4 is 5.32 Å². The van der Waals surface area contributed by atoms with Crippen molar-refractivity contribution in [3.05, 3.63) is 0 Å². The summed E-state index contributed by atoms with van der Waals surface area (Å²) in [6.07, 6.45) is 19.2. The topological polar surface area (TPSA) is 49.3 Å². The van der Waals surface area contributed by atoms with Crippen LogP contribution >= 0.6 is 0 Å². The predicted molar refractivity (Wildman–Crippen MR) is 102 cm³/mol. The van der Waals surface area contributed by atoms with Crippen LogP contribution in [0.2, 0.25) is 0 Å². The first-order valence-electron chi connectivity index (χ1n) is 10.6. The van der Waals surface area contributed by atoms with Crippen molar-refractivity contribution in [2.75, 3.05) is 0 Å². The first-order valence-corrected chi connectivity index (χ1v) is 10.6. The molecule has 0 spiro atoms. The molecule has 3 heteroatoms. The zero-order valence-corrected chi connectivity index (χ0v) is 16.2. The third kappa shape index (κ3) is 11.9. The fourth-order valence-corrected chi connectivity index (χ4v) is 3.88. The zero-order valence-electron chi connectivity index (χ0n) is 16.2. The van der Waals surface area contributed by atoms with E-state index in [2.05, 4.69) is 19.2 Å². The maximum absolute atomic E-state index is 10.1. The minimum absolute atomic E-state index is 0.331. The highest BCUT2D eigenvalue weighted by Crippen LogP contribution is 2.22. The van der Waals surface area contributed by atoms with Crippen molar-refractivity contribution in [2.24, 2.45) is 5.92 Å². The van der Waals surface area contributed by atoms with Gasteiger partial charge in [-0.15, -0.1) is 0 Å². The molecule has 2 aliphatic rings. The number of hydrogen-bond donors (Lipinski definition) is 2. The molecule has 0 atom stereocenters. The lowest BCUT2D eigenvalue weighted by Gasteiger charge is -2.30. The largest absolute Gasteiger partial charge is 0.481 e. The average molecular weight is 340 g/mol. The number of hydrogen-bond acceptors (Lipinski definition) is 2. The lowest BCUT2D eigenvalue weighted by Crippen LogP contribution is -2.40. The van der Waals surface area contributed by atoms with E-state index in [1.165, 1.54) is 77.0 Å². The van der Waals surface area contributed by atoms with Crippen molar-refractivity contribution in [1.82, 2.24) is 5.32 Å². The molecule has 3 nitrogen and oxygen atoms in total. The summed E-state index contributed by atoms with van der Waals surface area (Å²) in [5, 5.41) is 12.2. The Morgan fingerprint density at radius 2 is 1.38 bits per heavy atom. The van der Waals surface area contributed by atoms with Crippen molar-refractivity contribution >= 4 is 5.97 Å². The molecule has 2 saturated carbocycles. The van der Waals surface area contributed by atoms with E-state index in [0.717, 1.165) is 30.8 Å². The number of aliphatic carboxylic acids is 1. The van der Waals surface area contributed by atoms with Gasteiger partial charge in [0.05, 0.1) is 0 Å². The Labute approximate surface area is 150 Å². The van der Waals surface area contributed by atoms with E-state index in [1.54, 1.807) is 0 Å². The molecular weight excluding hydrogens is 298 g/mol. The Morgan fingerprint density at radius 3 is 1.79 bits per heavy atom. The van der Waals surface area contributed by atoms with Crippen LogP contribution in [0.1, 0.15) is 110 Å². The van der Waals surface area contributed by atoms with Crippen molar-refractivity contribution in [1.29, 1.82) is 0 Å². The van der Waals surface area contributed by atoms with Crippen molar-refractivity contribution in [3.63, 3.8) is 0 Å². The number of unbranched alkanes of at least 4 members (excludes halogenated alkanes) is 2. The number of carboxylic acid groups (broad SMARTS) is 1. The summed E-state index contributed by atoms with van der Waals surface area (Å²) in [7, 11) is 0. The minimum Gasteiger partial charge on any atom is -0.481 e. The van der Waals surface area contributed by atoms with Crippen LogP contribution in [0.3, 0.4) is 0 Å². The monoisotopic (exact) mass is 339 g/mol. The molecule has 2 N–H and O–H groups in total. The zero-order chi connectivity index (χ0) is 17.6. The van der Waals surface area contributed by atoms with Gasteiger partial charge in [0.1, 0.15) is 0 Å². The summed E-state index contributed by atoms with van der Waals surface area (Å²) in [4.78, 5) is 10.1. The molecule has 2 rings (SSSR count). The molecule has 0 heterocycles. The molecule has 0 aromatic heterocycles. The summed E-state index contributed by atoms with van der Waals surface area (Å²) in [5.41, 5.74) is 0. The molecule has 0 aromatic rings. The molecule has 142 valence electrons. The second-order valence-corrected chi connectivity index (χ2v) is 8.22. The van der Waals surface area contributed by atoms with Crippen LogP contribution in [-0.2, 0) is 4.79 Å². The van der Waals surface area contributed by atoms with Gasteiger partial charge in [0.15, 0.2) is 0 Å². The van der Waals surface area contributed by atoms with Gasteiger partial charge in [-0.05, 0) is 38.0 Å². The van der Waals surface area contributed by atoms with E-state index >= 15 is 0 Å². The Balaban J connectivity index is 0.000000245. The maximum atomic E-state index is 10.1. The number of rotatable bonds is 8. The third-order valence-corrected chi connectivity index (χ3v) is 5.35. The smallest absolute Gasteiger partial charge is 0.303 e. The lowest BCUT2D eigenvalue weighted by molar-refractivity contribution is -0.137. The quantitative estimate of drug-likeness (QED) is 0.540. The Bertz CT molecular complexity index is 289. The Hall–Kier alpha value is -0.570. The molecule has 0 aromatic carbocycles. The van der Waals surface area contributed by atoms with Gasteiger partial charge in [-0.3, -0.25) is 4.79 Å². The summed E-state index contributed by atoms with van der Waals surface area (Å²) < 4.78 is 0. The van der Waals surface area contributed by atoms with Gasteiger partial charge >= 0.3 is 5.97 Å². The second-order valence-electron chi connectivity index (χ2n) is 8.22. The third-order valence-electron chi connectivity index (χ3n) is 5.35. The number of carboxylic acids is 1. The van der Waals surface area contributed by atoms with Crippen LogP contribution in [0.25, 0.3) is 0 Å².